The molecular weight excluding hydrogens is 378 g/mol. The van der Waals surface area contributed by atoms with Crippen LogP contribution in [0.2, 0.25) is 0 Å². The minimum absolute atomic E-state index is 0.00584. The Bertz CT molecular complexity index is 520. The van der Waals surface area contributed by atoms with Gasteiger partial charge in [-0.2, -0.15) is 0 Å². The first-order chi connectivity index (χ1) is 14.2. The molecule has 0 saturated heterocycles. The van der Waals surface area contributed by atoms with Crippen LogP contribution in [0.3, 0.4) is 0 Å². The molecule has 0 aliphatic heterocycles. The van der Waals surface area contributed by atoms with Gasteiger partial charge in [0.1, 0.15) is 11.4 Å². The maximum absolute atomic E-state index is 12.2. The number of carbonyl (C=O) groups is 3. The highest BCUT2D eigenvalue weighted by Crippen LogP contribution is 2.17. The van der Waals surface area contributed by atoms with E-state index in [1.807, 2.05) is 26.8 Å². The Morgan fingerprint density at radius 1 is 0.867 bits per heavy atom. The molecule has 0 aliphatic carbocycles. The molecule has 1 atom stereocenters. The van der Waals surface area contributed by atoms with Crippen molar-refractivity contribution in [1.29, 1.82) is 0 Å². The van der Waals surface area contributed by atoms with Crippen LogP contribution in [0.5, 0.6) is 0 Å². The Morgan fingerprint density at radius 3 is 1.97 bits per heavy atom. The van der Waals surface area contributed by atoms with E-state index in [-0.39, 0.29) is 12.4 Å². The Balaban J connectivity index is 3.88. The molecule has 1 amide bonds. The second-order valence-electron chi connectivity index (χ2n) is 9.26. The fraction of sp³-hybridized carbons (Fsp3) is 0.800. The Labute approximate surface area is 184 Å². The fourth-order valence-electron chi connectivity index (χ4n) is 3.26. The number of unbranched alkanes of at least 4 members (excludes halogenated alkanes) is 8. The average molecular weight is 424 g/mol. The number of hydrogen-bond donors (Lipinski definition) is 1. The van der Waals surface area contributed by atoms with E-state index in [0.717, 1.165) is 44.9 Å². The maximum Gasteiger partial charge on any atom is 0.310 e. The second-order valence-corrected chi connectivity index (χ2v) is 9.26. The third-order valence-corrected chi connectivity index (χ3v) is 4.91. The van der Waals surface area contributed by atoms with E-state index in [1.54, 1.807) is 0 Å². The lowest BCUT2D eigenvalue weighted by Gasteiger charge is -2.23. The topological polar surface area (TPSA) is 86.5 Å². The zero-order chi connectivity index (χ0) is 22.8. The molecule has 0 aromatic carbocycles. The summed E-state index contributed by atoms with van der Waals surface area (Å²) in [6.07, 6.45) is 17.1. The van der Waals surface area contributed by atoms with Gasteiger partial charge in [-0.1, -0.05) is 57.6 Å². The highest BCUT2D eigenvalue weighted by atomic mass is 16.6. The summed E-state index contributed by atoms with van der Waals surface area (Å²) < 4.78 is 5.38. The Morgan fingerprint density at radius 2 is 1.43 bits per heavy atom. The van der Waals surface area contributed by atoms with Gasteiger partial charge in [-0.05, 0) is 52.9 Å². The first-order valence-corrected chi connectivity index (χ1v) is 11.8. The van der Waals surface area contributed by atoms with E-state index in [1.165, 1.54) is 25.7 Å². The maximum atomic E-state index is 12.2. The smallest absolute Gasteiger partial charge is 0.310 e. The lowest BCUT2D eigenvalue weighted by Crippen LogP contribution is -2.31. The molecule has 0 saturated carbocycles. The van der Waals surface area contributed by atoms with Crippen molar-refractivity contribution in [2.45, 2.75) is 123 Å². The van der Waals surface area contributed by atoms with Gasteiger partial charge < -0.3 is 10.5 Å². The largest absolute Gasteiger partial charge is 0.460 e. The number of esters is 1. The quantitative estimate of drug-likeness (QED) is 0.165. The number of Topliss-reactive ketones (excluding diaryl/α,β-unsaturated/α-hetero) is 1. The van der Waals surface area contributed by atoms with Crippen LogP contribution in [-0.4, -0.2) is 23.3 Å². The van der Waals surface area contributed by atoms with Crippen LogP contribution in [0.1, 0.15) is 118 Å². The minimum Gasteiger partial charge on any atom is -0.460 e. The summed E-state index contributed by atoms with van der Waals surface area (Å²) in [6, 6.07) is 0. The lowest BCUT2D eigenvalue weighted by molar-refractivity contribution is -0.161. The highest BCUT2D eigenvalue weighted by molar-refractivity contribution is 5.82. The summed E-state index contributed by atoms with van der Waals surface area (Å²) in [6.45, 7) is 7.63. The van der Waals surface area contributed by atoms with Crippen molar-refractivity contribution in [2.75, 3.05) is 0 Å². The number of hydrogen-bond acceptors (Lipinski definition) is 4. The number of ether oxygens (including phenoxy) is 1. The van der Waals surface area contributed by atoms with Gasteiger partial charge in [0.2, 0.25) is 5.91 Å². The van der Waals surface area contributed by atoms with Crippen molar-refractivity contribution in [3.8, 4) is 0 Å². The van der Waals surface area contributed by atoms with Gasteiger partial charge in [0, 0.05) is 19.3 Å². The summed E-state index contributed by atoms with van der Waals surface area (Å²) >= 11 is 0. The van der Waals surface area contributed by atoms with Crippen molar-refractivity contribution >= 4 is 17.7 Å². The van der Waals surface area contributed by atoms with Gasteiger partial charge in [0.25, 0.3) is 0 Å². The van der Waals surface area contributed by atoms with Crippen molar-refractivity contribution in [1.82, 2.24) is 0 Å². The molecule has 2 N–H and O–H groups in total. The zero-order valence-electron chi connectivity index (χ0n) is 19.8. The summed E-state index contributed by atoms with van der Waals surface area (Å²) in [5, 5.41) is 0. The number of ketones is 1. The molecular formula is C25H45NO4. The number of amides is 1. The van der Waals surface area contributed by atoms with Crippen molar-refractivity contribution in [2.24, 2.45) is 11.7 Å². The number of allylic oxidation sites excluding steroid dienone is 2. The zero-order valence-corrected chi connectivity index (χ0v) is 19.8. The summed E-state index contributed by atoms with van der Waals surface area (Å²) in [5.41, 5.74) is 4.69. The van der Waals surface area contributed by atoms with E-state index < -0.39 is 17.4 Å². The van der Waals surface area contributed by atoms with Gasteiger partial charge in [0.05, 0.1) is 5.92 Å². The molecule has 0 aromatic rings. The summed E-state index contributed by atoms with van der Waals surface area (Å²) in [5.74, 6) is -0.976. The fourth-order valence-corrected chi connectivity index (χ4v) is 3.26. The van der Waals surface area contributed by atoms with Crippen LogP contribution < -0.4 is 5.73 Å². The summed E-state index contributed by atoms with van der Waals surface area (Å²) in [7, 11) is 0. The summed E-state index contributed by atoms with van der Waals surface area (Å²) in [4.78, 5) is 35.3. The van der Waals surface area contributed by atoms with Crippen LogP contribution >= 0.6 is 0 Å². The van der Waals surface area contributed by atoms with E-state index in [9.17, 15) is 14.4 Å². The van der Waals surface area contributed by atoms with Crippen molar-refractivity contribution < 1.29 is 19.1 Å². The van der Waals surface area contributed by atoms with E-state index in [4.69, 9.17) is 10.5 Å². The predicted molar refractivity (Wildman–Crippen MR) is 123 cm³/mol. The van der Waals surface area contributed by atoms with Gasteiger partial charge in [-0.15, -0.1) is 0 Å². The molecule has 0 bridgehead atoms. The molecule has 0 aromatic heterocycles. The number of carbonyl (C=O) groups excluding carboxylic acids is 3. The van der Waals surface area contributed by atoms with Crippen molar-refractivity contribution in [3.05, 3.63) is 12.2 Å². The van der Waals surface area contributed by atoms with Gasteiger partial charge in [0.15, 0.2) is 0 Å². The molecule has 0 rings (SSSR count). The Hall–Kier alpha value is -1.65. The van der Waals surface area contributed by atoms with Crippen LogP contribution in [0, 0.1) is 5.92 Å². The van der Waals surface area contributed by atoms with E-state index >= 15 is 0 Å². The van der Waals surface area contributed by atoms with E-state index in [0.29, 0.717) is 18.6 Å². The first-order valence-electron chi connectivity index (χ1n) is 11.8. The molecule has 174 valence electrons. The first kappa shape index (κ1) is 28.4. The minimum atomic E-state index is -0.576. The van der Waals surface area contributed by atoms with Crippen LogP contribution in [0.15, 0.2) is 12.2 Å². The molecule has 5 heteroatoms. The lowest BCUT2D eigenvalue weighted by atomic mass is 9.99. The molecule has 0 heterocycles. The van der Waals surface area contributed by atoms with Crippen LogP contribution in [0.4, 0.5) is 0 Å². The average Bonchev–Trinajstić information content (AvgIpc) is 2.63. The van der Waals surface area contributed by atoms with Crippen molar-refractivity contribution in [3.63, 3.8) is 0 Å². The molecule has 0 unspecified atom stereocenters. The SMILES string of the molecule is CCCCCCCC(=O)CCCCCC/C=C/C[C@@H](CC(N)=O)C(=O)OC(C)(C)C. The molecule has 0 radical (unpaired) electrons. The molecule has 0 fully saturated rings. The predicted octanol–water partition coefficient (Wildman–Crippen LogP) is 6.04. The van der Waals surface area contributed by atoms with Crippen LogP contribution in [-0.2, 0) is 19.1 Å². The van der Waals surface area contributed by atoms with Gasteiger partial charge in [-0.25, -0.2) is 0 Å². The molecule has 30 heavy (non-hydrogen) atoms. The Kier molecular flexibility index (Phi) is 16.1. The van der Waals surface area contributed by atoms with Gasteiger partial charge >= 0.3 is 5.97 Å². The molecule has 0 spiro atoms. The number of nitrogens with two attached hydrogens (primary N) is 1. The third-order valence-electron chi connectivity index (χ3n) is 4.91. The van der Waals surface area contributed by atoms with Gasteiger partial charge in [-0.3, -0.25) is 14.4 Å². The monoisotopic (exact) mass is 423 g/mol. The van der Waals surface area contributed by atoms with E-state index in [2.05, 4.69) is 13.0 Å². The van der Waals surface area contributed by atoms with Crippen LogP contribution in [0.25, 0.3) is 0 Å². The molecule has 5 nitrogen and oxygen atoms in total. The standard InChI is InChI=1S/C25H45NO4/c1-5-6-7-11-15-18-22(27)19-16-13-10-8-9-12-14-17-21(20-23(26)28)24(29)30-25(2,3)4/h12,14,21H,5-11,13,15-20H2,1-4H3,(H2,26,28)/b14-12+/t21-/m0/s1. The number of rotatable bonds is 18. The highest BCUT2D eigenvalue weighted by Gasteiger charge is 2.25. The number of primary amides is 1. The second kappa shape index (κ2) is 17.1. The molecule has 0 aliphatic rings. The normalized spacial score (nSPS) is 12.8. The third kappa shape index (κ3) is 18.4.